The van der Waals surface area contributed by atoms with Crippen LogP contribution in [-0.2, 0) is 6.42 Å². The van der Waals surface area contributed by atoms with Crippen LogP contribution in [0.3, 0.4) is 0 Å². The molecule has 3 rings (SSSR count). The highest BCUT2D eigenvalue weighted by Gasteiger charge is 2.32. The largest absolute Gasteiger partial charge is 0.207 e. The van der Waals surface area contributed by atoms with E-state index in [1.54, 1.807) is 5.57 Å². The Hall–Kier alpha value is -1.11. The monoisotopic (exact) mass is 454 g/mol. The molecular formula is C32H51F. The number of hydrogen-bond acceptors (Lipinski definition) is 0. The van der Waals surface area contributed by atoms with E-state index in [0.717, 1.165) is 24.8 Å². The Morgan fingerprint density at radius 2 is 1.70 bits per heavy atom. The minimum absolute atomic E-state index is 0.0463. The third kappa shape index (κ3) is 8.56. The molecule has 2 aliphatic carbocycles. The van der Waals surface area contributed by atoms with Gasteiger partial charge in [-0.05, 0) is 106 Å². The quantitative estimate of drug-likeness (QED) is 0.194. The summed E-state index contributed by atoms with van der Waals surface area (Å²) in [5.41, 5.74) is 4.39. The standard InChI is InChI=1S/C32H51F/c1-3-5-7-12-17-28-18-19-29(26-31(28)33)30(25-27-15-10-8-11-16-27)20-24-32(21-6-4-2)22-13-9-14-23-32/h15,18-19,26,30H,3-14,16-17,20-25H2,1-2H3. The molecule has 1 atom stereocenters. The molecule has 1 saturated carbocycles. The van der Waals surface area contributed by atoms with Gasteiger partial charge >= 0.3 is 0 Å². The number of benzene rings is 1. The van der Waals surface area contributed by atoms with E-state index in [2.05, 4.69) is 32.1 Å². The summed E-state index contributed by atoms with van der Waals surface area (Å²) >= 11 is 0. The Balaban J connectivity index is 1.72. The first-order valence-corrected chi connectivity index (χ1v) is 14.6. The molecule has 1 aromatic carbocycles. The molecule has 0 N–H and O–H groups in total. The average Bonchev–Trinajstić information content (AvgIpc) is 2.85. The van der Waals surface area contributed by atoms with Crippen LogP contribution in [0, 0.1) is 11.2 Å². The lowest BCUT2D eigenvalue weighted by molar-refractivity contribution is 0.145. The molecule has 0 amide bonds. The highest BCUT2D eigenvalue weighted by molar-refractivity contribution is 5.29. The van der Waals surface area contributed by atoms with E-state index in [0.29, 0.717) is 11.3 Å². The lowest BCUT2D eigenvalue weighted by Gasteiger charge is -2.39. The van der Waals surface area contributed by atoms with Gasteiger partial charge in [0, 0.05) is 0 Å². The van der Waals surface area contributed by atoms with Crippen LogP contribution in [0.2, 0.25) is 0 Å². The van der Waals surface area contributed by atoms with E-state index < -0.39 is 0 Å². The Bertz CT molecular complexity index is 709. The molecule has 0 spiro atoms. The summed E-state index contributed by atoms with van der Waals surface area (Å²) in [6, 6.07) is 6.32. The highest BCUT2D eigenvalue weighted by Crippen LogP contribution is 2.46. The van der Waals surface area contributed by atoms with Crippen molar-refractivity contribution in [2.24, 2.45) is 5.41 Å². The van der Waals surface area contributed by atoms with Crippen LogP contribution >= 0.6 is 0 Å². The summed E-state index contributed by atoms with van der Waals surface area (Å²) < 4.78 is 15.1. The van der Waals surface area contributed by atoms with Crippen molar-refractivity contribution in [3.8, 4) is 0 Å². The molecule has 0 bridgehead atoms. The van der Waals surface area contributed by atoms with E-state index in [-0.39, 0.29) is 5.82 Å². The van der Waals surface area contributed by atoms with Gasteiger partial charge in [0.2, 0.25) is 0 Å². The summed E-state index contributed by atoms with van der Waals surface area (Å²) in [7, 11) is 0. The van der Waals surface area contributed by atoms with Crippen molar-refractivity contribution in [2.45, 2.75) is 148 Å². The molecule has 0 radical (unpaired) electrons. The van der Waals surface area contributed by atoms with Crippen LogP contribution in [0.5, 0.6) is 0 Å². The fraction of sp³-hybridized carbons (Fsp3) is 0.750. The molecule has 0 nitrogen and oxygen atoms in total. The number of aryl methyl sites for hydroxylation is 1. The van der Waals surface area contributed by atoms with Gasteiger partial charge in [0.1, 0.15) is 5.82 Å². The zero-order chi connectivity index (χ0) is 23.4. The van der Waals surface area contributed by atoms with Crippen molar-refractivity contribution in [1.29, 1.82) is 0 Å². The van der Waals surface area contributed by atoms with Crippen LogP contribution < -0.4 is 0 Å². The van der Waals surface area contributed by atoms with E-state index in [1.807, 2.05) is 6.07 Å². The highest BCUT2D eigenvalue weighted by atomic mass is 19.1. The predicted octanol–water partition coefficient (Wildman–Crippen LogP) is 10.8. The molecule has 0 aromatic heterocycles. The van der Waals surface area contributed by atoms with Crippen LogP contribution in [0.15, 0.2) is 29.8 Å². The van der Waals surface area contributed by atoms with E-state index >= 15 is 4.39 Å². The second-order valence-corrected chi connectivity index (χ2v) is 11.4. The maximum Gasteiger partial charge on any atom is 0.126 e. The molecule has 0 aliphatic heterocycles. The molecule has 0 heterocycles. The molecule has 1 aromatic rings. The Kier molecular flexibility index (Phi) is 11.5. The predicted molar refractivity (Wildman–Crippen MR) is 142 cm³/mol. The van der Waals surface area contributed by atoms with Gasteiger partial charge in [-0.3, -0.25) is 0 Å². The van der Waals surface area contributed by atoms with Crippen LogP contribution in [0.25, 0.3) is 0 Å². The smallest absolute Gasteiger partial charge is 0.126 e. The summed E-state index contributed by atoms with van der Waals surface area (Å²) in [5, 5.41) is 0. The van der Waals surface area contributed by atoms with Crippen LogP contribution in [0.4, 0.5) is 4.39 Å². The van der Waals surface area contributed by atoms with Gasteiger partial charge < -0.3 is 0 Å². The van der Waals surface area contributed by atoms with Gasteiger partial charge in [-0.25, -0.2) is 4.39 Å². The summed E-state index contributed by atoms with van der Waals surface area (Å²) in [4.78, 5) is 0. The van der Waals surface area contributed by atoms with E-state index in [9.17, 15) is 0 Å². The molecule has 1 heteroatoms. The fourth-order valence-corrected chi connectivity index (χ4v) is 6.51. The van der Waals surface area contributed by atoms with Crippen molar-refractivity contribution >= 4 is 0 Å². The Labute approximate surface area is 204 Å². The number of unbranched alkanes of at least 4 members (excludes halogenated alkanes) is 4. The van der Waals surface area contributed by atoms with E-state index in [1.165, 1.54) is 115 Å². The van der Waals surface area contributed by atoms with Crippen molar-refractivity contribution < 1.29 is 4.39 Å². The van der Waals surface area contributed by atoms with Crippen LogP contribution in [-0.4, -0.2) is 0 Å². The molecule has 2 aliphatic rings. The van der Waals surface area contributed by atoms with Gasteiger partial charge in [0.15, 0.2) is 0 Å². The Morgan fingerprint density at radius 3 is 2.39 bits per heavy atom. The normalized spacial score (nSPS) is 19.3. The third-order valence-electron chi connectivity index (χ3n) is 8.74. The number of hydrogen-bond donors (Lipinski definition) is 0. The molecule has 33 heavy (non-hydrogen) atoms. The van der Waals surface area contributed by atoms with Crippen molar-refractivity contribution in [1.82, 2.24) is 0 Å². The SMILES string of the molecule is CCCCCCc1ccc(C(CCC2(CCCC)CCCCC2)CC2=CCCCC2)cc1F. The zero-order valence-corrected chi connectivity index (χ0v) is 21.9. The van der Waals surface area contributed by atoms with Gasteiger partial charge in [-0.1, -0.05) is 89.0 Å². The lowest BCUT2D eigenvalue weighted by Crippen LogP contribution is -2.25. The summed E-state index contributed by atoms with van der Waals surface area (Å²) in [6.45, 7) is 4.57. The second kappa shape index (κ2) is 14.3. The third-order valence-corrected chi connectivity index (χ3v) is 8.74. The maximum atomic E-state index is 15.1. The first-order valence-electron chi connectivity index (χ1n) is 14.6. The topological polar surface area (TPSA) is 0 Å². The number of rotatable bonds is 14. The van der Waals surface area contributed by atoms with Crippen molar-refractivity contribution in [3.63, 3.8) is 0 Å². The van der Waals surface area contributed by atoms with Crippen molar-refractivity contribution in [3.05, 3.63) is 46.8 Å². The van der Waals surface area contributed by atoms with E-state index in [4.69, 9.17) is 0 Å². The second-order valence-electron chi connectivity index (χ2n) is 11.4. The fourth-order valence-electron chi connectivity index (χ4n) is 6.51. The zero-order valence-electron chi connectivity index (χ0n) is 21.9. The van der Waals surface area contributed by atoms with Crippen molar-refractivity contribution in [2.75, 3.05) is 0 Å². The molecule has 1 unspecified atom stereocenters. The summed E-state index contributed by atoms with van der Waals surface area (Å²) in [6.07, 6.45) is 28.3. The molecular weight excluding hydrogens is 403 g/mol. The van der Waals surface area contributed by atoms with Crippen LogP contribution in [0.1, 0.15) is 153 Å². The van der Waals surface area contributed by atoms with Gasteiger partial charge in [0.05, 0.1) is 0 Å². The van der Waals surface area contributed by atoms with Gasteiger partial charge in [0.25, 0.3) is 0 Å². The number of halogens is 1. The molecule has 1 fully saturated rings. The first kappa shape index (κ1) is 26.5. The molecule has 0 saturated heterocycles. The average molecular weight is 455 g/mol. The minimum Gasteiger partial charge on any atom is -0.207 e. The lowest BCUT2D eigenvalue weighted by atomic mass is 9.67. The Morgan fingerprint density at radius 1 is 0.879 bits per heavy atom. The minimum atomic E-state index is 0.0463. The molecule has 186 valence electrons. The first-order chi connectivity index (χ1) is 16.2. The maximum absolute atomic E-state index is 15.1. The van der Waals surface area contributed by atoms with Gasteiger partial charge in [-0.2, -0.15) is 0 Å². The number of allylic oxidation sites excluding steroid dienone is 2. The van der Waals surface area contributed by atoms with Gasteiger partial charge in [-0.15, -0.1) is 0 Å². The summed E-state index contributed by atoms with van der Waals surface area (Å²) in [5.74, 6) is 0.531.